The van der Waals surface area contributed by atoms with Crippen molar-refractivity contribution in [2.24, 2.45) is 0 Å². The monoisotopic (exact) mass is 280 g/mol. The summed E-state index contributed by atoms with van der Waals surface area (Å²) >= 11 is 0. The molecule has 1 aliphatic rings. The quantitative estimate of drug-likeness (QED) is 0.937. The fourth-order valence-corrected chi connectivity index (χ4v) is 2.93. The number of hydrogen-bond donors (Lipinski definition) is 1. The van der Waals surface area contributed by atoms with Gasteiger partial charge >= 0.3 is 0 Å². The number of likely N-dealkylation sites (N-methyl/N-ethyl adjacent to an activating group) is 1. The average molecular weight is 280 g/mol. The molecule has 0 radical (unpaired) electrons. The first-order chi connectivity index (χ1) is 10.2. The normalized spacial score (nSPS) is 21.8. The van der Waals surface area contributed by atoms with Crippen LogP contribution in [0.4, 0.5) is 0 Å². The maximum absolute atomic E-state index is 12.5. The predicted octanol–water partition coefficient (Wildman–Crippen LogP) is 2.67. The zero-order valence-corrected chi connectivity index (χ0v) is 12.4. The molecule has 0 spiro atoms. The van der Waals surface area contributed by atoms with E-state index in [4.69, 9.17) is 0 Å². The number of nitrogens with one attached hydrogen (secondary N) is 1. The van der Waals surface area contributed by atoms with Gasteiger partial charge in [-0.2, -0.15) is 0 Å². The lowest BCUT2D eigenvalue weighted by Gasteiger charge is -2.21. The molecular weight excluding hydrogens is 260 g/mol. The largest absolute Gasteiger partial charge is 0.325 e. The summed E-state index contributed by atoms with van der Waals surface area (Å²) in [5.74, 6) is 0.159. The van der Waals surface area contributed by atoms with Crippen molar-refractivity contribution in [2.45, 2.75) is 25.6 Å². The summed E-state index contributed by atoms with van der Waals surface area (Å²) in [6.45, 7) is 2.08. The Bertz CT molecular complexity index is 639. The van der Waals surface area contributed by atoms with Crippen molar-refractivity contribution >= 4 is 5.91 Å². The van der Waals surface area contributed by atoms with Gasteiger partial charge in [0.05, 0.1) is 6.04 Å². The Kier molecular flexibility index (Phi) is 3.76. The fourth-order valence-electron chi connectivity index (χ4n) is 2.93. The minimum Gasteiger partial charge on any atom is -0.325 e. The number of hydrogen-bond acceptors (Lipinski definition) is 2. The van der Waals surface area contributed by atoms with Crippen molar-refractivity contribution in [2.75, 3.05) is 7.05 Å². The van der Waals surface area contributed by atoms with E-state index < -0.39 is 0 Å². The van der Waals surface area contributed by atoms with Gasteiger partial charge in [-0.15, -0.1) is 0 Å². The number of benzene rings is 2. The van der Waals surface area contributed by atoms with Crippen LogP contribution < -0.4 is 5.32 Å². The summed E-state index contributed by atoms with van der Waals surface area (Å²) in [6.07, 6.45) is 0.694. The molecule has 1 amide bonds. The zero-order chi connectivity index (χ0) is 14.8. The lowest BCUT2D eigenvalue weighted by atomic mass is 10.1. The van der Waals surface area contributed by atoms with Crippen molar-refractivity contribution in [3.8, 4) is 0 Å². The maximum Gasteiger partial charge on any atom is 0.241 e. The van der Waals surface area contributed by atoms with Crippen molar-refractivity contribution in [3.63, 3.8) is 0 Å². The van der Waals surface area contributed by atoms with E-state index in [1.807, 2.05) is 42.3 Å². The average Bonchev–Trinajstić information content (AvgIpc) is 2.77. The van der Waals surface area contributed by atoms with Crippen LogP contribution in [0.2, 0.25) is 0 Å². The van der Waals surface area contributed by atoms with Gasteiger partial charge in [-0.05, 0) is 30.0 Å². The summed E-state index contributed by atoms with van der Waals surface area (Å²) < 4.78 is 0. The van der Waals surface area contributed by atoms with E-state index in [0.717, 1.165) is 6.42 Å². The van der Waals surface area contributed by atoms with Crippen molar-refractivity contribution in [3.05, 3.63) is 71.3 Å². The molecule has 1 heterocycles. The van der Waals surface area contributed by atoms with Crippen LogP contribution in [0.1, 0.15) is 22.9 Å². The fraction of sp³-hybridized carbons (Fsp3) is 0.278. The van der Waals surface area contributed by atoms with Crippen LogP contribution in [0.15, 0.2) is 54.6 Å². The summed E-state index contributed by atoms with van der Waals surface area (Å²) in [7, 11) is 1.87. The summed E-state index contributed by atoms with van der Waals surface area (Å²) in [5.41, 5.74) is 3.56. The van der Waals surface area contributed by atoms with Crippen LogP contribution in [0.3, 0.4) is 0 Å². The molecular formula is C18H20N2O. The van der Waals surface area contributed by atoms with E-state index in [2.05, 4.69) is 36.5 Å². The van der Waals surface area contributed by atoms with E-state index in [0.29, 0.717) is 0 Å². The first-order valence-electron chi connectivity index (χ1n) is 7.29. The van der Waals surface area contributed by atoms with Crippen molar-refractivity contribution < 1.29 is 4.79 Å². The van der Waals surface area contributed by atoms with E-state index in [9.17, 15) is 4.79 Å². The van der Waals surface area contributed by atoms with Gasteiger partial charge in [-0.3, -0.25) is 10.1 Å². The van der Waals surface area contributed by atoms with Crippen LogP contribution in [0.25, 0.3) is 0 Å². The summed E-state index contributed by atoms with van der Waals surface area (Å²) in [5, 5.41) is 3.47. The van der Waals surface area contributed by atoms with Crippen LogP contribution in [0.5, 0.6) is 0 Å². The van der Waals surface area contributed by atoms with Gasteiger partial charge in [0.15, 0.2) is 0 Å². The third-order valence-corrected chi connectivity index (χ3v) is 4.16. The van der Waals surface area contributed by atoms with Crippen LogP contribution in [0, 0.1) is 6.92 Å². The zero-order valence-electron chi connectivity index (χ0n) is 12.4. The SMILES string of the molecule is Cc1ccccc1C1NC(Cc2ccccc2)C(=O)N1C. The number of nitrogens with zero attached hydrogens (tertiary/aromatic N) is 1. The van der Waals surface area contributed by atoms with Crippen LogP contribution in [-0.2, 0) is 11.2 Å². The number of amides is 1. The van der Waals surface area contributed by atoms with Crippen LogP contribution >= 0.6 is 0 Å². The molecule has 1 aliphatic heterocycles. The maximum atomic E-state index is 12.5. The smallest absolute Gasteiger partial charge is 0.241 e. The predicted molar refractivity (Wildman–Crippen MR) is 83.8 cm³/mol. The van der Waals surface area contributed by atoms with Gasteiger partial charge < -0.3 is 4.90 Å². The highest BCUT2D eigenvalue weighted by atomic mass is 16.2. The second-order valence-corrected chi connectivity index (χ2v) is 5.62. The number of carbonyl (C=O) groups excluding carboxylic acids is 1. The first kappa shape index (κ1) is 13.8. The molecule has 1 N–H and O–H groups in total. The molecule has 0 aliphatic carbocycles. The Morgan fingerprint density at radius 1 is 1.05 bits per heavy atom. The molecule has 3 heteroatoms. The molecule has 2 aromatic carbocycles. The molecule has 3 nitrogen and oxygen atoms in total. The minimum absolute atomic E-state index is 0.0348. The van der Waals surface area contributed by atoms with Gasteiger partial charge in [-0.25, -0.2) is 0 Å². The standard InChI is InChI=1S/C18H20N2O/c1-13-8-6-7-11-15(13)17-19-16(18(21)20(17)2)12-14-9-4-3-5-10-14/h3-11,16-17,19H,12H2,1-2H3. The Hall–Kier alpha value is -2.13. The molecule has 3 rings (SSSR count). The summed E-state index contributed by atoms with van der Waals surface area (Å²) in [4.78, 5) is 14.3. The van der Waals surface area contributed by atoms with Gasteiger partial charge in [-0.1, -0.05) is 54.6 Å². The molecule has 1 saturated heterocycles. The Balaban J connectivity index is 1.81. The Morgan fingerprint density at radius 2 is 1.71 bits per heavy atom. The molecule has 21 heavy (non-hydrogen) atoms. The Morgan fingerprint density at radius 3 is 2.43 bits per heavy atom. The van der Waals surface area contributed by atoms with Crippen LogP contribution in [-0.4, -0.2) is 23.9 Å². The van der Waals surface area contributed by atoms with E-state index >= 15 is 0 Å². The highest BCUT2D eigenvalue weighted by Gasteiger charge is 2.37. The number of rotatable bonds is 3. The topological polar surface area (TPSA) is 32.3 Å². The van der Waals surface area contributed by atoms with Gasteiger partial charge in [0, 0.05) is 7.05 Å². The summed E-state index contributed by atoms with van der Waals surface area (Å²) in [6, 6.07) is 18.2. The first-order valence-corrected chi connectivity index (χ1v) is 7.29. The molecule has 1 fully saturated rings. The molecule has 2 atom stereocenters. The minimum atomic E-state index is -0.151. The van der Waals surface area contributed by atoms with Gasteiger partial charge in [0.25, 0.3) is 0 Å². The van der Waals surface area contributed by atoms with Gasteiger partial charge in [0.1, 0.15) is 6.17 Å². The highest BCUT2D eigenvalue weighted by molar-refractivity contribution is 5.84. The second-order valence-electron chi connectivity index (χ2n) is 5.62. The molecule has 0 saturated carbocycles. The molecule has 108 valence electrons. The molecule has 2 unspecified atom stereocenters. The molecule has 0 aromatic heterocycles. The van der Waals surface area contributed by atoms with E-state index in [1.54, 1.807) is 0 Å². The van der Waals surface area contributed by atoms with E-state index in [-0.39, 0.29) is 18.1 Å². The lowest BCUT2D eigenvalue weighted by Crippen LogP contribution is -2.31. The highest BCUT2D eigenvalue weighted by Crippen LogP contribution is 2.27. The molecule has 0 bridgehead atoms. The number of carbonyl (C=O) groups is 1. The van der Waals surface area contributed by atoms with E-state index in [1.165, 1.54) is 16.7 Å². The Labute approximate surface area is 125 Å². The second kappa shape index (κ2) is 5.70. The van der Waals surface area contributed by atoms with Crippen molar-refractivity contribution in [1.29, 1.82) is 0 Å². The number of aryl methyl sites for hydroxylation is 1. The lowest BCUT2D eigenvalue weighted by molar-refractivity contribution is -0.128. The van der Waals surface area contributed by atoms with Gasteiger partial charge in [0.2, 0.25) is 5.91 Å². The third kappa shape index (κ3) is 2.69. The third-order valence-electron chi connectivity index (χ3n) is 4.16. The molecule has 2 aromatic rings. The van der Waals surface area contributed by atoms with Crippen molar-refractivity contribution in [1.82, 2.24) is 10.2 Å².